The van der Waals surface area contributed by atoms with Gasteiger partial charge in [0.05, 0.1) is 0 Å². The Hall–Kier alpha value is -1.36. The first-order chi connectivity index (χ1) is 7.61. The Morgan fingerprint density at radius 2 is 2.38 bits per heavy atom. The summed E-state index contributed by atoms with van der Waals surface area (Å²) in [6.45, 7) is 2.62. The van der Waals surface area contributed by atoms with Gasteiger partial charge in [-0.2, -0.15) is 0 Å². The van der Waals surface area contributed by atoms with Crippen LogP contribution in [-0.2, 0) is 4.79 Å². The maximum absolute atomic E-state index is 11.3. The molecule has 0 aliphatic carbocycles. The quantitative estimate of drug-likeness (QED) is 0.780. The zero-order valence-corrected chi connectivity index (χ0v) is 9.74. The van der Waals surface area contributed by atoms with E-state index in [9.17, 15) is 4.79 Å². The average Bonchev–Trinajstić information content (AvgIpc) is 2.70. The van der Waals surface area contributed by atoms with E-state index >= 15 is 0 Å². The van der Waals surface area contributed by atoms with Gasteiger partial charge in [-0.05, 0) is 19.8 Å². The molecule has 1 unspecified atom stereocenters. The standard InChI is InChI=1S/C10H13ClN4O/c1-6-8(11)13-5-14-10(6)15-4-2-3-7(15)9(12)16/h5,7H,2-4H2,1H3,(H2,12,16). The molecule has 2 N–H and O–H groups in total. The number of carbonyl (C=O) groups excluding carboxylic acids is 1. The minimum Gasteiger partial charge on any atom is -0.368 e. The molecule has 16 heavy (non-hydrogen) atoms. The van der Waals surface area contributed by atoms with Crippen molar-refractivity contribution in [1.29, 1.82) is 0 Å². The predicted molar refractivity (Wildman–Crippen MR) is 61.3 cm³/mol. The minimum atomic E-state index is -0.313. The second-order valence-electron chi connectivity index (χ2n) is 3.87. The van der Waals surface area contributed by atoms with E-state index in [4.69, 9.17) is 17.3 Å². The van der Waals surface area contributed by atoms with Crippen molar-refractivity contribution >= 4 is 23.3 Å². The minimum absolute atomic E-state index is 0.273. The normalized spacial score (nSPS) is 20.1. The Morgan fingerprint density at radius 3 is 3.06 bits per heavy atom. The average molecular weight is 241 g/mol. The SMILES string of the molecule is Cc1c(Cl)ncnc1N1CCCC1C(N)=O. The number of carbonyl (C=O) groups is 1. The number of hydrogen-bond acceptors (Lipinski definition) is 4. The molecule has 1 aliphatic heterocycles. The first kappa shape index (κ1) is 11.1. The molecule has 1 amide bonds. The van der Waals surface area contributed by atoms with Crippen molar-refractivity contribution in [3.8, 4) is 0 Å². The summed E-state index contributed by atoms with van der Waals surface area (Å²) in [5, 5.41) is 0.417. The molecule has 0 bridgehead atoms. The topological polar surface area (TPSA) is 72.1 Å². The fraction of sp³-hybridized carbons (Fsp3) is 0.500. The second kappa shape index (κ2) is 4.25. The number of rotatable bonds is 2. The molecule has 1 aromatic heterocycles. The van der Waals surface area contributed by atoms with Crippen LogP contribution in [0.2, 0.25) is 5.15 Å². The highest BCUT2D eigenvalue weighted by atomic mass is 35.5. The summed E-state index contributed by atoms with van der Waals surface area (Å²) >= 11 is 5.93. The number of amides is 1. The number of nitrogens with zero attached hydrogens (tertiary/aromatic N) is 3. The Bertz CT molecular complexity index is 423. The highest BCUT2D eigenvalue weighted by molar-refractivity contribution is 6.30. The maximum Gasteiger partial charge on any atom is 0.240 e. The van der Waals surface area contributed by atoms with Gasteiger partial charge in [-0.25, -0.2) is 9.97 Å². The molecule has 2 heterocycles. The number of primary amides is 1. The lowest BCUT2D eigenvalue weighted by Crippen LogP contribution is -2.41. The van der Waals surface area contributed by atoms with Gasteiger partial charge in [0.2, 0.25) is 5.91 Å². The second-order valence-corrected chi connectivity index (χ2v) is 4.22. The molecule has 5 nitrogen and oxygen atoms in total. The van der Waals surface area contributed by atoms with Crippen LogP contribution in [0.3, 0.4) is 0 Å². The van der Waals surface area contributed by atoms with E-state index in [1.807, 2.05) is 11.8 Å². The molecular weight excluding hydrogens is 228 g/mol. The monoisotopic (exact) mass is 240 g/mol. The van der Waals surface area contributed by atoms with E-state index in [1.54, 1.807) is 0 Å². The van der Waals surface area contributed by atoms with Gasteiger partial charge in [0.25, 0.3) is 0 Å². The van der Waals surface area contributed by atoms with Crippen LogP contribution in [0, 0.1) is 6.92 Å². The van der Waals surface area contributed by atoms with Crippen molar-refractivity contribution in [2.45, 2.75) is 25.8 Å². The fourth-order valence-corrected chi connectivity index (χ4v) is 2.15. The van der Waals surface area contributed by atoms with Crippen molar-refractivity contribution in [2.75, 3.05) is 11.4 Å². The summed E-state index contributed by atoms with van der Waals surface area (Å²) in [6, 6.07) is -0.273. The lowest BCUT2D eigenvalue weighted by Gasteiger charge is -2.24. The van der Waals surface area contributed by atoms with Crippen molar-refractivity contribution in [2.24, 2.45) is 5.73 Å². The molecule has 86 valence electrons. The first-order valence-electron chi connectivity index (χ1n) is 5.14. The maximum atomic E-state index is 11.3. The molecule has 0 saturated carbocycles. The molecule has 1 fully saturated rings. The molecular formula is C10H13ClN4O. The summed E-state index contributed by atoms with van der Waals surface area (Å²) in [7, 11) is 0. The van der Waals surface area contributed by atoms with Crippen LogP contribution in [0.4, 0.5) is 5.82 Å². The van der Waals surface area contributed by atoms with E-state index < -0.39 is 0 Å². The molecule has 0 aromatic carbocycles. The first-order valence-corrected chi connectivity index (χ1v) is 5.52. The fourth-order valence-electron chi connectivity index (χ4n) is 2.03. The van der Waals surface area contributed by atoms with Crippen molar-refractivity contribution in [3.63, 3.8) is 0 Å². The Morgan fingerprint density at radius 1 is 1.62 bits per heavy atom. The van der Waals surface area contributed by atoms with Gasteiger partial charge in [-0.15, -0.1) is 0 Å². The van der Waals surface area contributed by atoms with E-state index in [1.165, 1.54) is 6.33 Å². The van der Waals surface area contributed by atoms with E-state index in [0.29, 0.717) is 11.0 Å². The van der Waals surface area contributed by atoms with Crippen LogP contribution in [0.1, 0.15) is 18.4 Å². The van der Waals surface area contributed by atoms with Gasteiger partial charge in [-0.1, -0.05) is 11.6 Å². The van der Waals surface area contributed by atoms with Crippen LogP contribution >= 0.6 is 11.6 Å². The highest BCUT2D eigenvalue weighted by Crippen LogP contribution is 2.28. The van der Waals surface area contributed by atoms with E-state index in [2.05, 4.69) is 9.97 Å². The molecule has 1 aromatic rings. The third-order valence-corrected chi connectivity index (χ3v) is 3.23. The number of anilines is 1. The number of hydrogen-bond donors (Lipinski definition) is 1. The third-order valence-electron chi connectivity index (χ3n) is 2.85. The summed E-state index contributed by atoms with van der Waals surface area (Å²) in [6.07, 6.45) is 3.12. The van der Waals surface area contributed by atoms with Crippen molar-refractivity contribution in [3.05, 3.63) is 17.0 Å². The van der Waals surface area contributed by atoms with Crippen LogP contribution in [-0.4, -0.2) is 28.5 Å². The number of halogens is 1. The number of aromatic nitrogens is 2. The van der Waals surface area contributed by atoms with E-state index in [0.717, 1.165) is 24.9 Å². The van der Waals surface area contributed by atoms with Crippen molar-refractivity contribution in [1.82, 2.24) is 9.97 Å². The Labute approximate surface area is 98.6 Å². The van der Waals surface area contributed by atoms with Gasteiger partial charge in [0.1, 0.15) is 23.3 Å². The highest BCUT2D eigenvalue weighted by Gasteiger charge is 2.31. The zero-order valence-electron chi connectivity index (χ0n) is 8.98. The summed E-state index contributed by atoms with van der Waals surface area (Å²) in [5.41, 5.74) is 6.15. The zero-order chi connectivity index (χ0) is 11.7. The van der Waals surface area contributed by atoms with Gasteiger partial charge >= 0.3 is 0 Å². The van der Waals surface area contributed by atoms with Crippen LogP contribution < -0.4 is 10.6 Å². The van der Waals surface area contributed by atoms with Crippen molar-refractivity contribution < 1.29 is 4.79 Å². The van der Waals surface area contributed by atoms with Gasteiger partial charge in [0, 0.05) is 12.1 Å². The largest absolute Gasteiger partial charge is 0.368 e. The summed E-state index contributed by atoms with van der Waals surface area (Å²) < 4.78 is 0. The Kier molecular flexibility index (Phi) is 2.96. The van der Waals surface area contributed by atoms with Gasteiger partial charge < -0.3 is 10.6 Å². The summed E-state index contributed by atoms with van der Waals surface area (Å²) in [4.78, 5) is 21.3. The Balaban J connectivity index is 2.36. The van der Waals surface area contributed by atoms with E-state index in [-0.39, 0.29) is 11.9 Å². The molecule has 0 spiro atoms. The van der Waals surface area contributed by atoms with Crippen LogP contribution in [0.25, 0.3) is 0 Å². The molecule has 0 radical (unpaired) electrons. The van der Waals surface area contributed by atoms with Crippen LogP contribution in [0.5, 0.6) is 0 Å². The molecule has 1 atom stereocenters. The third kappa shape index (κ3) is 1.82. The van der Waals surface area contributed by atoms with Gasteiger partial charge in [-0.3, -0.25) is 4.79 Å². The molecule has 1 saturated heterocycles. The lowest BCUT2D eigenvalue weighted by atomic mass is 10.2. The molecule has 6 heteroatoms. The lowest BCUT2D eigenvalue weighted by molar-refractivity contribution is -0.119. The van der Waals surface area contributed by atoms with Gasteiger partial charge in [0.15, 0.2) is 0 Å². The summed E-state index contributed by atoms with van der Waals surface area (Å²) in [5.74, 6) is 0.396. The molecule has 1 aliphatic rings. The smallest absolute Gasteiger partial charge is 0.240 e. The predicted octanol–water partition coefficient (Wildman–Crippen LogP) is 0.893. The van der Waals surface area contributed by atoms with Crippen LogP contribution in [0.15, 0.2) is 6.33 Å². The molecule has 2 rings (SSSR count). The number of nitrogens with two attached hydrogens (primary N) is 1.